The van der Waals surface area contributed by atoms with Crippen LogP contribution in [0.4, 0.5) is 0 Å². The molecule has 0 aliphatic carbocycles. The quantitative estimate of drug-likeness (QED) is 0.397. The molecule has 1 atom stereocenters. The maximum atomic E-state index is 8.83. The minimum Gasteiger partial charge on any atom is -0.377 e. The standard InChI is InChI=1S/C5H10O2/c1-3-5(2,7)4-6/h4,7H,3H2,1-2H3/p+1. The number of aldehydes is 1. The summed E-state index contributed by atoms with van der Waals surface area (Å²) in [6.07, 6.45) is 1.34. The third-order valence-corrected chi connectivity index (χ3v) is 0.994. The molecule has 0 rings (SSSR count). The Morgan fingerprint density at radius 2 is 2.29 bits per heavy atom. The van der Waals surface area contributed by atoms with Crippen LogP contribution in [0, 0.1) is 0 Å². The Bertz CT molecular complexity index is 66.5. The molecule has 0 saturated heterocycles. The Labute approximate surface area is 43.2 Å². The lowest BCUT2D eigenvalue weighted by Gasteiger charge is -2.05. The number of hydrogen-bond donors (Lipinski definition) is 1. The summed E-state index contributed by atoms with van der Waals surface area (Å²) in [6, 6.07) is 0. The largest absolute Gasteiger partial charge is 0.377 e. The highest BCUT2D eigenvalue weighted by molar-refractivity contribution is 5.61. The third kappa shape index (κ3) is 2.34. The second kappa shape index (κ2) is 2.07. The lowest BCUT2D eigenvalue weighted by Crippen LogP contribution is -2.24. The van der Waals surface area contributed by atoms with Crippen molar-refractivity contribution in [2.24, 2.45) is 0 Å². The van der Waals surface area contributed by atoms with Crippen LogP contribution in [-0.4, -0.2) is 21.8 Å². The number of aliphatic hydroxyl groups is 1. The molecule has 0 saturated carbocycles. The normalized spacial score (nSPS) is 18.1. The van der Waals surface area contributed by atoms with E-state index in [-0.39, 0.29) is 0 Å². The zero-order valence-corrected chi connectivity index (χ0v) is 4.68. The van der Waals surface area contributed by atoms with Crippen LogP contribution < -0.4 is 0 Å². The molecule has 0 aromatic heterocycles. The smallest absolute Gasteiger partial charge is 0.312 e. The maximum absolute atomic E-state index is 8.83. The average Bonchev–Trinajstić information content (AvgIpc) is 1.68. The van der Waals surface area contributed by atoms with E-state index in [0.29, 0.717) is 6.42 Å². The van der Waals surface area contributed by atoms with Gasteiger partial charge in [0, 0.05) is 0 Å². The Kier molecular flexibility index (Phi) is 1.96. The predicted octanol–water partition coefficient (Wildman–Crippen LogP) is 0.322. The molecule has 0 bridgehead atoms. The molecule has 42 valence electrons. The van der Waals surface area contributed by atoms with Crippen LogP contribution in [0.3, 0.4) is 0 Å². The molecular formula is C5H11O2+. The molecule has 0 aromatic rings. The number of rotatable bonds is 2. The summed E-state index contributed by atoms with van der Waals surface area (Å²) >= 11 is 0. The zero-order chi connectivity index (χ0) is 5.91. The van der Waals surface area contributed by atoms with Crippen LogP contribution in [0.1, 0.15) is 20.3 Å². The van der Waals surface area contributed by atoms with Crippen molar-refractivity contribution in [2.75, 3.05) is 0 Å². The molecule has 0 aliphatic heterocycles. The fourth-order valence-corrected chi connectivity index (χ4v) is 0.0913. The summed E-state index contributed by atoms with van der Waals surface area (Å²) in [5.41, 5.74) is -0.986. The highest BCUT2D eigenvalue weighted by Crippen LogP contribution is 2.01. The minimum absolute atomic E-state index is 0.545. The Hall–Kier alpha value is -0.370. The zero-order valence-electron chi connectivity index (χ0n) is 4.68. The monoisotopic (exact) mass is 103 g/mol. The van der Waals surface area contributed by atoms with E-state index in [9.17, 15) is 0 Å². The van der Waals surface area contributed by atoms with Gasteiger partial charge in [-0.1, -0.05) is 6.92 Å². The molecule has 0 spiro atoms. The molecule has 7 heavy (non-hydrogen) atoms. The summed E-state index contributed by atoms with van der Waals surface area (Å²) < 4.78 is 0. The van der Waals surface area contributed by atoms with E-state index in [4.69, 9.17) is 9.90 Å². The third-order valence-electron chi connectivity index (χ3n) is 0.994. The van der Waals surface area contributed by atoms with Gasteiger partial charge in [-0.05, 0) is 13.3 Å². The molecule has 2 N–H and O–H groups in total. The molecule has 0 aromatic carbocycles. The first-order valence-corrected chi connectivity index (χ1v) is 2.33. The van der Waals surface area contributed by atoms with Gasteiger partial charge in [0.1, 0.15) is 0 Å². The molecular weight excluding hydrogens is 92.1 g/mol. The summed E-state index contributed by atoms with van der Waals surface area (Å²) in [4.78, 5) is 8.22. The van der Waals surface area contributed by atoms with E-state index in [1.54, 1.807) is 13.8 Å². The van der Waals surface area contributed by atoms with Gasteiger partial charge >= 0.3 is 6.29 Å². The summed E-state index contributed by atoms with van der Waals surface area (Å²) in [6.45, 7) is 3.35. The maximum Gasteiger partial charge on any atom is 0.312 e. The first kappa shape index (κ1) is 6.63. The summed E-state index contributed by atoms with van der Waals surface area (Å²) in [7, 11) is 0. The highest BCUT2D eigenvalue weighted by Gasteiger charge is 2.18. The SMILES string of the molecule is CCC(C)(O)C=[OH+]. The van der Waals surface area contributed by atoms with Crippen molar-refractivity contribution in [3.05, 3.63) is 0 Å². The second-order valence-electron chi connectivity index (χ2n) is 1.84. The fourth-order valence-electron chi connectivity index (χ4n) is 0.0913. The van der Waals surface area contributed by atoms with E-state index in [2.05, 4.69) is 0 Å². The fraction of sp³-hybridized carbons (Fsp3) is 0.800. The number of carbonyl (C=O) groups excluding carboxylic acids is 1. The van der Waals surface area contributed by atoms with Gasteiger partial charge in [-0.3, -0.25) is 4.79 Å². The molecule has 0 heterocycles. The van der Waals surface area contributed by atoms with Crippen molar-refractivity contribution in [3.8, 4) is 0 Å². The molecule has 0 aliphatic rings. The van der Waals surface area contributed by atoms with Crippen molar-refractivity contribution in [1.29, 1.82) is 0 Å². The van der Waals surface area contributed by atoms with Gasteiger partial charge in [0.25, 0.3) is 0 Å². The van der Waals surface area contributed by atoms with E-state index >= 15 is 0 Å². The summed E-state index contributed by atoms with van der Waals surface area (Å²) in [5, 5.41) is 8.83. The molecule has 0 fully saturated rings. The first-order chi connectivity index (χ1) is 3.12. The van der Waals surface area contributed by atoms with Crippen molar-refractivity contribution in [3.63, 3.8) is 0 Å². The van der Waals surface area contributed by atoms with E-state index in [1.807, 2.05) is 0 Å². The lowest BCUT2D eigenvalue weighted by atomic mass is 10.1. The van der Waals surface area contributed by atoms with Gasteiger partial charge in [-0.2, -0.15) is 0 Å². The van der Waals surface area contributed by atoms with Crippen molar-refractivity contribution < 1.29 is 9.90 Å². The Balaban J connectivity index is 3.58. The van der Waals surface area contributed by atoms with Crippen LogP contribution in [0.5, 0.6) is 0 Å². The van der Waals surface area contributed by atoms with Gasteiger partial charge in [0.05, 0.1) is 0 Å². The van der Waals surface area contributed by atoms with Gasteiger partial charge in [0.15, 0.2) is 5.60 Å². The Morgan fingerprint density at radius 3 is 2.29 bits per heavy atom. The summed E-state index contributed by atoms with van der Waals surface area (Å²) in [5.74, 6) is 0. The second-order valence-corrected chi connectivity index (χ2v) is 1.84. The van der Waals surface area contributed by atoms with Crippen LogP contribution >= 0.6 is 0 Å². The van der Waals surface area contributed by atoms with E-state index < -0.39 is 5.60 Å². The van der Waals surface area contributed by atoms with Crippen LogP contribution in [0.15, 0.2) is 0 Å². The highest BCUT2D eigenvalue weighted by atomic mass is 16.3. The predicted molar refractivity (Wildman–Crippen MR) is 28.9 cm³/mol. The Morgan fingerprint density at radius 1 is 1.86 bits per heavy atom. The number of hydrogen-bond acceptors (Lipinski definition) is 1. The van der Waals surface area contributed by atoms with Crippen molar-refractivity contribution >= 4 is 6.29 Å². The van der Waals surface area contributed by atoms with Crippen molar-refractivity contribution in [2.45, 2.75) is 25.9 Å². The van der Waals surface area contributed by atoms with E-state index in [1.165, 1.54) is 0 Å². The molecule has 2 nitrogen and oxygen atoms in total. The van der Waals surface area contributed by atoms with Crippen LogP contribution in [0.25, 0.3) is 0 Å². The van der Waals surface area contributed by atoms with Crippen LogP contribution in [0.2, 0.25) is 0 Å². The topological polar surface area (TPSA) is 41.6 Å². The molecule has 0 amide bonds. The minimum atomic E-state index is -0.986. The van der Waals surface area contributed by atoms with Gasteiger partial charge in [0.2, 0.25) is 0 Å². The van der Waals surface area contributed by atoms with Gasteiger partial charge in [-0.15, -0.1) is 0 Å². The van der Waals surface area contributed by atoms with Crippen LogP contribution in [-0.2, 0) is 0 Å². The molecule has 0 radical (unpaired) electrons. The lowest BCUT2D eigenvalue weighted by molar-refractivity contribution is 0.127. The average molecular weight is 103 g/mol. The van der Waals surface area contributed by atoms with Gasteiger partial charge in [-0.25, -0.2) is 0 Å². The molecule has 1 unspecified atom stereocenters. The van der Waals surface area contributed by atoms with E-state index in [0.717, 1.165) is 6.29 Å². The van der Waals surface area contributed by atoms with Crippen molar-refractivity contribution in [1.82, 2.24) is 0 Å². The first-order valence-electron chi connectivity index (χ1n) is 2.33. The van der Waals surface area contributed by atoms with Gasteiger partial charge < -0.3 is 5.11 Å². The molecule has 2 heteroatoms.